The SMILES string of the molecule is Cc1cccc(CC(=O)Nc2ccc(Nc3cc(N4CCCC4)cnn3)cc2)c1. The molecule has 1 fully saturated rings. The van der Waals surface area contributed by atoms with Gasteiger partial charge >= 0.3 is 0 Å². The minimum Gasteiger partial charge on any atom is -0.370 e. The quantitative estimate of drug-likeness (QED) is 0.660. The molecule has 1 aliphatic rings. The van der Waals surface area contributed by atoms with Gasteiger partial charge in [0, 0.05) is 30.5 Å². The van der Waals surface area contributed by atoms with Crippen molar-refractivity contribution in [3.63, 3.8) is 0 Å². The third-order valence-electron chi connectivity index (χ3n) is 5.00. The van der Waals surface area contributed by atoms with E-state index in [4.69, 9.17) is 0 Å². The Hall–Kier alpha value is -3.41. The van der Waals surface area contributed by atoms with E-state index in [-0.39, 0.29) is 5.91 Å². The minimum atomic E-state index is -0.0273. The molecule has 3 aromatic rings. The van der Waals surface area contributed by atoms with Crippen LogP contribution in [0.5, 0.6) is 0 Å². The first-order chi connectivity index (χ1) is 14.2. The van der Waals surface area contributed by atoms with E-state index in [1.165, 1.54) is 12.8 Å². The summed E-state index contributed by atoms with van der Waals surface area (Å²) in [5.74, 6) is 0.686. The molecule has 0 aliphatic carbocycles. The molecule has 0 atom stereocenters. The second kappa shape index (κ2) is 8.73. The number of hydrogen-bond acceptors (Lipinski definition) is 5. The lowest BCUT2D eigenvalue weighted by molar-refractivity contribution is -0.115. The summed E-state index contributed by atoms with van der Waals surface area (Å²) < 4.78 is 0. The maximum Gasteiger partial charge on any atom is 0.228 e. The molecule has 2 N–H and O–H groups in total. The van der Waals surface area contributed by atoms with Crippen LogP contribution in [0.4, 0.5) is 22.9 Å². The number of anilines is 4. The lowest BCUT2D eigenvalue weighted by atomic mass is 10.1. The number of carbonyl (C=O) groups is 1. The van der Waals surface area contributed by atoms with E-state index in [1.807, 2.05) is 67.7 Å². The van der Waals surface area contributed by atoms with E-state index in [1.54, 1.807) is 0 Å². The number of benzene rings is 2. The van der Waals surface area contributed by atoms with Crippen LogP contribution in [0.2, 0.25) is 0 Å². The molecule has 1 aliphatic heterocycles. The summed E-state index contributed by atoms with van der Waals surface area (Å²) in [6.07, 6.45) is 4.62. The summed E-state index contributed by atoms with van der Waals surface area (Å²) in [6, 6.07) is 17.6. The normalized spacial score (nSPS) is 13.3. The number of aromatic nitrogens is 2. The van der Waals surface area contributed by atoms with Gasteiger partial charge < -0.3 is 15.5 Å². The van der Waals surface area contributed by atoms with Gasteiger partial charge in [-0.05, 0) is 49.6 Å². The van der Waals surface area contributed by atoms with Gasteiger partial charge in [0.15, 0.2) is 5.82 Å². The monoisotopic (exact) mass is 387 g/mol. The Labute approximate surface area is 171 Å². The van der Waals surface area contributed by atoms with Crippen molar-refractivity contribution in [3.05, 3.63) is 71.9 Å². The molecular weight excluding hydrogens is 362 g/mol. The van der Waals surface area contributed by atoms with Gasteiger partial charge in [-0.2, -0.15) is 5.10 Å². The second-order valence-electron chi connectivity index (χ2n) is 7.41. The fourth-order valence-corrected chi connectivity index (χ4v) is 3.56. The van der Waals surface area contributed by atoms with Crippen molar-refractivity contribution in [2.24, 2.45) is 0 Å². The highest BCUT2D eigenvalue weighted by atomic mass is 16.1. The van der Waals surface area contributed by atoms with Crippen LogP contribution in [0.3, 0.4) is 0 Å². The third-order valence-corrected chi connectivity index (χ3v) is 5.00. The zero-order valence-corrected chi connectivity index (χ0v) is 16.6. The minimum absolute atomic E-state index is 0.0273. The summed E-state index contributed by atoms with van der Waals surface area (Å²) in [6.45, 7) is 4.17. The van der Waals surface area contributed by atoms with Crippen LogP contribution in [-0.4, -0.2) is 29.2 Å². The largest absolute Gasteiger partial charge is 0.370 e. The Bertz CT molecular complexity index is 981. The Morgan fingerprint density at radius 1 is 1.03 bits per heavy atom. The Balaban J connectivity index is 1.35. The molecule has 0 bridgehead atoms. The average Bonchev–Trinajstić information content (AvgIpc) is 3.25. The van der Waals surface area contributed by atoms with Gasteiger partial charge in [0.25, 0.3) is 0 Å². The third kappa shape index (κ3) is 5.10. The van der Waals surface area contributed by atoms with Crippen LogP contribution in [-0.2, 0) is 11.2 Å². The van der Waals surface area contributed by atoms with Gasteiger partial charge in [0.1, 0.15) is 0 Å². The van der Waals surface area contributed by atoms with Crippen molar-refractivity contribution in [1.29, 1.82) is 0 Å². The highest BCUT2D eigenvalue weighted by Crippen LogP contribution is 2.23. The molecule has 1 saturated heterocycles. The standard InChI is InChI=1S/C23H25N5O/c1-17-5-4-6-18(13-17)14-23(29)26-20-9-7-19(8-10-20)25-22-15-21(16-24-27-22)28-11-2-3-12-28/h4-10,13,15-16H,2-3,11-12,14H2,1H3,(H,25,27)(H,26,29). The lowest BCUT2D eigenvalue weighted by Crippen LogP contribution is -2.18. The molecule has 4 rings (SSSR count). The number of aryl methyl sites for hydroxylation is 1. The predicted molar refractivity (Wildman–Crippen MR) is 117 cm³/mol. The average molecular weight is 387 g/mol. The predicted octanol–water partition coefficient (Wildman–Crippen LogP) is 4.31. The fourth-order valence-electron chi connectivity index (χ4n) is 3.56. The molecule has 0 saturated carbocycles. The van der Waals surface area contributed by atoms with Crippen LogP contribution in [0.1, 0.15) is 24.0 Å². The van der Waals surface area contributed by atoms with Crippen molar-refractivity contribution < 1.29 is 4.79 Å². The Kier molecular flexibility index (Phi) is 5.70. The number of carbonyl (C=O) groups excluding carboxylic acids is 1. The maximum atomic E-state index is 12.3. The maximum absolute atomic E-state index is 12.3. The van der Waals surface area contributed by atoms with Gasteiger partial charge in [-0.1, -0.05) is 29.8 Å². The van der Waals surface area contributed by atoms with Crippen molar-refractivity contribution >= 4 is 28.8 Å². The first-order valence-electron chi connectivity index (χ1n) is 9.96. The number of amides is 1. The van der Waals surface area contributed by atoms with Crippen molar-refractivity contribution in [2.45, 2.75) is 26.2 Å². The fraction of sp³-hybridized carbons (Fsp3) is 0.261. The van der Waals surface area contributed by atoms with Crippen LogP contribution >= 0.6 is 0 Å². The van der Waals surface area contributed by atoms with E-state index < -0.39 is 0 Å². The molecule has 29 heavy (non-hydrogen) atoms. The molecular formula is C23H25N5O. The van der Waals surface area contributed by atoms with Crippen LogP contribution in [0.15, 0.2) is 60.8 Å². The first kappa shape index (κ1) is 18.9. The number of nitrogens with one attached hydrogen (secondary N) is 2. The van der Waals surface area contributed by atoms with Crippen LogP contribution < -0.4 is 15.5 Å². The molecule has 6 nitrogen and oxygen atoms in total. The topological polar surface area (TPSA) is 70.2 Å². The zero-order valence-electron chi connectivity index (χ0n) is 16.6. The smallest absolute Gasteiger partial charge is 0.228 e. The summed E-state index contributed by atoms with van der Waals surface area (Å²) in [5, 5.41) is 14.5. The van der Waals surface area contributed by atoms with E-state index >= 15 is 0 Å². The van der Waals surface area contributed by atoms with Gasteiger partial charge in [-0.25, -0.2) is 0 Å². The number of hydrogen-bond donors (Lipinski definition) is 2. The zero-order chi connectivity index (χ0) is 20.1. The molecule has 2 heterocycles. The Morgan fingerprint density at radius 3 is 2.55 bits per heavy atom. The van der Waals surface area contributed by atoms with Gasteiger partial charge in [-0.15, -0.1) is 5.10 Å². The van der Waals surface area contributed by atoms with E-state index in [2.05, 4.69) is 25.7 Å². The lowest BCUT2D eigenvalue weighted by Gasteiger charge is -2.17. The summed E-state index contributed by atoms with van der Waals surface area (Å²) in [5.41, 5.74) is 4.93. The molecule has 2 aromatic carbocycles. The van der Waals surface area contributed by atoms with Crippen LogP contribution in [0, 0.1) is 6.92 Å². The molecule has 0 spiro atoms. The number of nitrogens with zero attached hydrogens (tertiary/aromatic N) is 3. The molecule has 1 amide bonds. The second-order valence-corrected chi connectivity index (χ2v) is 7.41. The van der Waals surface area contributed by atoms with Gasteiger partial charge in [0.05, 0.1) is 18.3 Å². The van der Waals surface area contributed by atoms with Gasteiger partial charge in [0.2, 0.25) is 5.91 Å². The Morgan fingerprint density at radius 2 is 1.79 bits per heavy atom. The highest BCUT2D eigenvalue weighted by Gasteiger charge is 2.13. The van der Waals surface area contributed by atoms with E-state index in [0.29, 0.717) is 12.2 Å². The summed E-state index contributed by atoms with van der Waals surface area (Å²) >= 11 is 0. The molecule has 6 heteroatoms. The summed E-state index contributed by atoms with van der Waals surface area (Å²) in [4.78, 5) is 14.6. The van der Waals surface area contributed by atoms with E-state index in [9.17, 15) is 4.79 Å². The molecule has 1 aromatic heterocycles. The summed E-state index contributed by atoms with van der Waals surface area (Å²) in [7, 11) is 0. The van der Waals surface area contributed by atoms with Crippen LogP contribution in [0.25, 0.3) is 0 Å². The first-order valence-corrected chi connectivity index (χ1v) is 9.96. The molecule has 0 radical (unpaired) electrons. The number of rotatable bonds is 6. The highest BCUT2D eigenvalue weighted by molar-refractivity contribution is 5.92. The van der Waals surface area contributed by atoms with Gasteiger partial charge in [-0.3, -0.25) is 4.79 Å². The van der Waals surface area contributed by atoms with Crippen molar-refractivity contribution in [3.8, 4) is 0 Å². The molecule has 148 valence electrons. The van der Waals surface area contributed by atoms with Crippen molar-refractivity contribution in [1.82, 2.24) is 10.2 Å². The molecule has 0 unspecified atom stereocenters. The van der Waals surface area contributed by atoms with Crippen molar-refractivity contribution in [2.75, 3.05) is 28.6 Å². The van der Waals surface area contributed by atoms with E-state index in [0.717, 1.165) is 41.3 Å².